The van der Waals surface area contributed by atoms with Gasteiger partial charge < -0.3 is 15.0 Å². The van der Waals surface area contributed by atoms with E-state index in [1.807, 2.05) is 31.2 Å². The summed E-state index contributed by atoms with van der Waals surface area (Å²) in [5.41, 5.74) is 5.26. The number of carbonyl (C=O) groups is 1. The molecule has 3 heterocycles. The Labute approximate surface area is 146 Å². The first-order valence-electron chi connectivity index (χ1n) is 8.46. The number of hydrogen-bond acceptors (Lipinski definition) is 5. The molecule has 0 atom stereocenters. The maximum absolute atomic E-state index is 12.3. The number of ether oxygens (including phenoxy) is 1. The molecule has 1 saturated heterocycles. The molecule has 1 aromatic heterocycles. The lowest BCUT2D eigenvalue weighted by atomic mass is 9.74. The smallest absolute Gasteiger partial charge is 0.410 e. The number of carbonyl (C=O) groups excluding carboxylic acids is 1. The summed E-state index contributed by atoms with van der Waals surface area (Å²) in [7, 11) is 0. The van der Waals surface area contributed by atoms with Crippen LogP contribution in [0.15, 0.2) is 17.6 Å². The van der Waals surface area contributed by atoms with Crippen LogP contribution in [0.1, 0.15) is 39.2 Å². The lowest BCUT2D eigenvalue weighted by Crippen LogP contribution is -2.47. The molecule has 0 bridgehead atoms. The lowest BCUT2D eigenvalue weighted by Gasteiger charge is -2.39. The third-order valence-electron chi connectivity index (χ3n) is 5.02. The van der Waals surface area contributed by atoms with Crippen LogP contribution in [0.2, 0.25) is 0 Å². The minimum Gasteiger partial charge on any atom is -0.444 e. The van der Waals surface area contributed by atoms with E-state index in [0.717, 1.165) is 38.0 Å². The summed E-state index contributed by atoms with van der Waals surface area (Å²) in [5.74, 6) is 0. The van der Waals surface area contributed by atoms with E-state index in [1.165, 1.54) is 16.0 Å². The molecule has 1 spiro atoms. The Kier molecular flexibility index (Phi) is 3.49. The van der Waals surface area contributed by atoms with Gasteiger partial charge in [0.1, 0.15) is 5.60 Å². The highest BCUT2D eigenvalue weighted by Crippen LogP contribution is 2.47. The number of aromatic nitrogens is 1. The summed E-state index contributed by atoms with van der Waals surface area (Å²) in [5, 5.41) is 3.55. The molecule has 1 fully saturated rings. The van der Waals surface area contributed by atoms with Gasteiger partial charge in [-0.2, -0.15) is 0 Å². The van der Waals surface area contributed by atoms with Crippen molar-refractivity contribution < 1.29 is 9.53 Å². The fourth-order valence-electron chi connectivity index (χ4n) is 3.84. The molecule has 1 amide bonds. The maximum atomic E-state index is 12.3. The first-order valence-corrected chi connectivity index (χ1v) is 9.34. The Morgan fingerprint density at radius 2 is 2.08 bits per heavy atom. The van der Waals surface area contributed by atoms with Crippen LogP contribution in [0, 0.1) is 0 Å². The molecule has 1 aromatic carbocycles. The number of thiazole rings is 1. The zero-order chi connectivity index (χ0) is 16.9. The summed E-state index contributed by atoms with van der Waals surface area (Å²) in [6.07, 6.45) is 1.70. The first kappa shape index (κ1) is 15.7. The zero-order valence-electron chi connectivity index (χ0n) is 14.4. The van der Waals surface area contributed by atoms with Crippen molar-refractivity contribution in [1.29, 1.82) is 0 Å². The Balaban J connectivity index is 1.57. The van der Waals surface area contributed by atoms with Gasteiger partial charge in [0.15, 0.2) is 0 Å². The van der Waals surface area contributed by atoms with Crippen LogP contribution in [0.3, 0.4) is 0 Å². The average molecular weight is 345 g/mol. The van der Waals surface area contributed by atoms with Gasteiger partial charge in [-0.05, 0) is 45.7 Å². The number of nitrogens with zero attached hydrogens (tertiary/aromatic N) is 2. The molecule has 2 aliphatic rings. The van der Waals surface area contributed by atoms with Crippen molar-refractivity contribution in [2.45, 2.75) is 44.6 Å². The molecule has 1 N–H and O–H groups in total. The minimum atomic E-state index is -0.444. The molecular weight excluding hydrogens is 322 g/mol. The Hall–Kier alpha value is -1.82. The minimum absolute atomic E-state index is 0.0848. The van der Waals surface area contributed by atoms with Gasteiger partial charge in [-0.25, -0.2) is 9.78 Å². The summed E-state index contributed by atoms with van der Waals surface area (Å²) in [4.78, 5) is 18.8. The quantitative estimate of drug-likeness (QED) is 0.784. The fraction of sp³-hybridized carbons (Fsp3) is 0.556. The predicted octanol–water partition coefficient (Wildman–Crippen LogP) is 3.99. The van der Waals surface area contributed by atoms with E-state index < -0.39 is 5.60 Å². The van der Waals surface area contributed by atoms with Gasteiger partial charge in [-0.1, -0.05) is 0 Å². The highest BCUT2D eigenvalue weighted by Gasteiger charge is 2.44. The number of benzene rings is 1. The number of amides is 1. The van der Waals surface area contributed by atoms with E-state index in [2.05, 4.69) is 22.4 Å². The summed E-state index contributed by atoms with van der Waals surface area (Å²) < 4.78 is 6.76. The molecule has 5 nitrogen and oxygen atoms in total. The van der Waals surface area contributed by atoms with Gasteiger partial charge in [-0.15, -0.1) is 11.3 Å². The van der Waals surface area contributed by atoms with Crippen LogP contribution < -0.4 is 5.32 Å². The Morgan fingerprint density at radius 3 is 2.79 bits per heavy atom. The van der Waals surface area contributed by atoms with Gasteiger partial charge >= 0.3 is 6.09 Å². The second kappa shape index (κ2) is 5.34. The van der Waals surface area contributed by atoms with E-state index in [9.17, 15) is 4.79 Å². The molecular formula is C18H23N3O2S. The van der Waals surface area contributed by atoms with Crippen LogP contribution in [0.25, 0.3) is 10.2 Å². The predicted molar refractivity (Wildman–Crippen MR) is 96.8 cm³/mol. The molecule has 2 aromatic rings. The third-order valence-corrected chi connectivity index (χ3v) is 5.82. The van der Waals surface area contributed by atoms with Gasteiger partial charge in [0.2, 0.25) is 0 Å². The first-order chi connectivity index (χ1) is 11.4. The van der Waals surface area contributed by atoms with E-state index in [1.54, 1.807) is 11.3 Å². The molecule has 0 aliphatic carbocycles. The molecule has 128 valence electrons. The lowest BCUT2D eigenvalue weighted by molar-refractivity contribution is 0.0172. The fourth-order valence-corrected chi connectivity index (χ4v) is 4.52. The summed E-state index contributed by atoms with van der Waals surface area (Å²) in [6.45, 7) is 8.12. The van der Waals surface area contributed by atoms with E-state index >= 15 is 0 Å². The highest BCUT2D eigenvalue weighted by atomic mass is 32.1. The number of fused-ring (bicyclic) bond motifs is 4. The van der Waals surface area contributed by atoms with Gasteiger partial charge in [-0.3, -0.25) is 0 Å². The van der Waals surface area contributed by atoms with E-state index in [4.69, 9.17) is 4.74 Å². The van der Waals surface area contributed by atoms with Crippen molar-refractivity contribution in [2.24, 2.45) is 0 Å². The van der Waals surface area contributed by atoms with Crippen molar-refractivity contribution >= 4 is 33.3 Å². The van der Waals surface area contributed by atoms with Gasteiger partial charge in [0.05, 0.1) is 15.7 Å². The summed E-state index contributed by atoms with van der Waals surface area (Å²) >= 11 is 1.69. The van der Waals surface area contributed by atoms with Gasteiger partial charge in [0, 0.05) is 36.3 Å². The molecule has 0 saturated carbocycles. The highest BCUT2D eigenvalue weighted by molar-refractivity contribution is 7.16. The van der Waals surface area contributed by atoms with Crippen LogP contribution in [-0.2, 0) is 10.2 Å². The second-order valence-electron chi connectivity index (χ2n) is 7.79. The molecule has 2 aliphatic heterocycles. The number of rotatable bonds is 0. The monoisotopic (exact) mass is 345 g/mol. The SMILES string of the molecule is CC(C)(C)OC(=O)N1CCC2(CC1)CNc1ccc3scnc3c12. The van der Waals surface area contributed by atoms with E-state index in [-0.39, 0.29) is 11.5 Å². The van der Waals surface area contributed by atoms with Crippen molar-refractivity contribution in [3.8, 4) is 0 Å². The average Bonchev–Trinajstić information content (AvgIpc) is 3.11. The largest absolute Gasteiger partial charge is 0.444 e. The number of anilines is 1. The van der Waals surface area contributed by atoms with Crippen molar-refractivity contribution in [2.75, 3.05) is 25.0 Å². The standard InChI is InChI=1S/C18H23N3O2S/c1-17(2,3)23-16(22)21-8-6-18(7-9-21)10-19-12-4-5-13-15(14(12)18)20-11-24-13/h4-5,11,19H,6-10H2,1-3H3. The number of hydrogen-bond donors (Lipinski definition) is 1. The van der Waals surface area contributed by atoms with Crippen LogP contribution in [-0.4, -0.2) is 41.2 Å². The third kappa shape index (κ3) is 2.53. The Morgan fingerprint density at radius 1 is 1.33 bits per heavy atom. The summed E-state index contributed by atoms with van der Waals surface area (Å²) in [6, 6.07) is 4.32. The topological polar surface area (TPSA) is 54.5 Å². The number of nitrogens with one attached hydrogen (secondary N) is 1. The molecule has 24 heavy (non-hydrogen) atoms. The molecule has 0 radical (unpaired) electrons. The van der Waals surface area contributed by atoms with Crippen molar-refractivity contribution in [1.82, 2.24) is 9.88 Å². The molecule has 6 heteroatoms. The number of piperidine rings is 1. The van der Waals surface area contributed by atoms with Gasteiger partial charge in [0.25, 0.3) is 0 Å². The van der Waals surface area contributed by atoms with Crippen molar-refractivity contribution in [3.63, 3.8) is 0 Å². The Bertz CT molecular complexity index is 785. The number of likely N-dealkylation sites (tertiary alicyclic amines) is 1. The van der Waals surface area contributed by atoms with Crippen LogP contribution in [0.5, 0.6) is 0 Å². The second-order valence-corrected chi connectivity index (χ2v) is 8.67. The van der Waals surface area contributed by atoms with Crippen LogP contribution in [0.4, 0.5) is 10.5 Å². The maximum Gasteiger partial charge on any atom is 0.410 e. The van der Waals surface area contributed by atoms with E-state index in [0.29, 0.717) is 0 Å². The molecule has 0 unspecified atom stereocenters. The van der Waals surface area contributed by atoms with Crippen molar-refractivity contribution in [3.05, 3.63) is 23.2 Å². The normalized spacial score (nSPS) is 19.4. The van der Waals surface area contributed by atoms with Crippen LogP contribution >= 0.6 is 11.3 Å². The molecule has 4 rings (SSSR count). The zero-order valence-corrected chi connectivity index (χ0v) is 15.2.